The zero-order valence-electron chi connectivity index (χ0n) is 15.8. The van der Waals surface area contributed by atoms with Gasteiger partial charge in [0.1, 0.15) is 0 Å². The monoisotopic (exact) mass is 458 g/mol. The van der Waals surface area contributed by atoms with Gasteiger partial charge in [-0.05, 0) is 36.4 Å². The van der Waals surface area contributed by atoms with Gasteiger partial charge in [0.05, 0.1) is 26.2 Å². The molecule has 0 saturated carbocycles. The van der Waals surface area contributed by atoms with Gasteiger partial charge >= 0.3 is 5.97 Å². The van der Waals surface area contributed by atoms with Gasteiger partial charge < -0.3 is 10.1 Å². The lowest BCUT2D eigenvalue weighted by atomic mass is 10.2. The lowest BCUT2D eigenvalue weighted by molar-refractivity contribution is -0.119. The number of ether oxygens (including phenoxy) is 1. The Labute approximate surface area is 179 Å². The van der Waals surface area contributed by atoms with Gasteiger partial charge in [-0.3, -0.25) is 4.79 Å². The van der Waals surface area contributed by atoms with Gasteiger partial charge in [0.15, 0.2) is 6.61 Å². The van der Waals surface area contributed by atoms with E-state index < -0.39 is 28.5 Å². The first-order valence-electron chi connectivity index (χ1n) is 8.71. The van der Waals surface area contributed by atoms with E-state index >= 15 is 0 Å². The van der Waals surface area contributed by atoms with Gasteiger partial charge in [0.2, 0.25) is 10.0 Å². The molecule has 0 heterocycles. The molecule has 0 atom stereocenters. The summed E-state index contributed by atoms with van der Waals surface area (Å²) in [5, 5.41) is 2.95. The van der Waals surface area contributed by atoms with Crippen molar-refractivity contribution in [2.24, 2.45) is 0 Å². The smallest absolute Gasteiger partial charge is 0.338 e. The molecule has 0 aliphatic carbocycles. The van der Waals surface area contributed by atoms with Crippen LogP contribution in [0.3, 0.4) is 0 Å². The van der Waals surface area contributed by atoms with E-state index in [4.69, 9.17) is 27.9 Å². The number of sulfonamides is 1. The van der Waals surface area contributed by atoms with Crippen LogP contribution in [-0.4, -0.2) is 44.3 Å². The molecule has 2 aromatic carbocycles. The van der Waals surface area contributed by atoms with E-state index in [1.807, 2.05) is 0 Å². The SMILES string of the molecule is CCN(CC)S(=O)(=O)c1ccc(C(=O)OCC(=O)Nc2cccc(Cl)c2Cl)cc1. The highest BCUT2D eigenvalue weighted by Crippen LogP contribution is 2.29. The normalized spacial score (nSPS) is 11.3. The van der Waals surface area contributed by atoms with Crippen LogP contribution in [0.1, 0.15) is 24.2 Å². The van der Waals surface area contributed by atoms with Gasteiger partial charge in [0.25, 0.3) is 5.91 Å². The van der Waals surface area contributed by atoms with Crippen molar-refractivity contribution in [1.82, 2.24) is 4.31 Å². The fourth-order valence-corrected chi connectivity index (χ4v) is 4.28. The van der Waals surface area contributed by atoms with Crippen molar-refractivity contribution in [3.8, 4) is 0 Å². The third kappa shape index (κ3) is 5.70. The van der Waals surface area contributed by atoms with E-state index in [-0.39, 0.29) is 20.5 Å². The second kappa shape index (κ2) is 10.1. The van der Waals surface area contributed by atoms with Crippen LogP contribution in [0.4, 0.5) is 5.69 Å². The Morgan fingerprint density at radius 2 is 1.66 bits per heavy atom. The fraction of sp³-hybridized carbons (Fsp3) is 0.263. The number of hydrogen-bond acceptors (Lipinski definition) is 5. The largest absolute Gasteiger partial charge is 0.452 e. The summed E-state index contributed by atoms with van der Waals surface area (Å²) < 4.78 is 31.2. The van der Waals surface area contributed by atoms with Crippen molar-refractivity contribution < 1.29 is 22.7 Å². The summed E-state index contributed by atoms with van der Waals surface area (Å²) in [6, 6.07) is 10.1. The number of benzene rings is 2. The van der Waals surface area contributed by atoms with Gasteiger partial charge in [-0.1, -0.05) is 43.1 Å². The third-order valence-corrected chi connectivity index (χ3v) is 6.88. The summed E-state index contributed by atoms with van der Waals surface area (Å²) in [7, 11) is -3.62. The van der Waals surface area contributed by atoms with Gasteiger partial charge in [-0.25, -0.2) is 13.2 Å². The van der Waals surface area contributed by atoms with Crippen molar-refractivity contribution in [2.75, 3.05) is 25.0 Å². The first-order valence-corrected chi connectivity index (χ1v) is 10.9. The molecule has 10 heteroatoms. The van der Waals surface area contributed by atoms with E-state index in [2.05, 4.69) is 5.32 Å². The lowest BCUT2D eigenvalue weighted by Crippen LogP contribution is -2.30. The van der Waals surface area contributed by atoms with Crippen molar-refractivity contribution in [1.29, 1.82) is 0 Å². The zero-order valence-corrected chi connectivity index (χ0v) is 18.1. The van der Waals surface area contributed by atoms with E-state index in [9.17, 15) is 18.0 Å². The zero-order chi connectivity index (χ0) is 21.6. The molecule has 29 heavy (non-hydrogen) atoms. The minimum Gasteiger partial charge on any atom is -0.452 e. The summed E-state index contributed by atoms with van der Waals surface area (Å²) in [6.45, 7) is 3.63. The molecular weight excluding hydrogens is 439 g/mol. The number of halogens is 2. The van der Waals surface area contributed by atoms with Crippen LogP contribution < -0.4 is 5.32 Å². The molecule has 7 nitrogen and oxygen atoms in total. The minimum absolute atomic E-state index is 0.0751. The van der Waals surface area contributed by atoms with E-state index in [1.54, 1.807) is 32.0 Å². The first-order chi connectivity index (χ1) is 13.7. The van der Waals surface area contributed by atoms with E-state index in [0.717, 1.165) is 0 Å². The molecule has 0 spiro atoms. The standard InChI is InChI=1S/C19H20Cl2N2O5S/c1-3-23(4-2)29(26,27)14-10-8-13(9-11-14)19(25)28-12-17(24)22-16-7-5-6-15(20)18(16)21/h5-11H,3-4,12H2,1-2H3,(H,22,24). The maximum Gasteiger partial charge on any atom is 0.338 e. The quantitative estimate of drug-likeness (QED) is 0.606. The number of carbonyl (C=O) groups excluding carboxylic acids is 2. The molecular formula is C19H20Cl2N2O5S. The molecule has 0 saturated heterocycles. The Morgan fingerprint density at radius 1 is 1.03 bits per heavy atom. The van der Waals surface area contributed by atoms with Crippen LogP contribution in [0.2, 0.25) is 10.0 Å². The second-order valence-electron chi connectivity index (χ2n) is 5.84. The highest BCUT2D eigenvalue weighted by molar-refractivity contribution is 7.89. The highest BCUT2D eigenvalue weighted by Gasteiger charge is 2.22. The number of amides is 1. The molecule has 1 N–H and O–H groups in total. The molecule has 0 bridgehead atoms. The summed E-state index contributed by atoms with van der Waals surface area (Å²) >= 11 is 11.9. The number of nitrogens with zero attached hydrogens (tertiary/aromatic N) is 1. The van der Waals surface area contributed by atoms with E-state index in [1.165, 1.54) is 28.6 Å². The van der Waals surface area contributed by atoms with Crippen LogP contribution in [0.25, 0.3) is 0 Å². The van der Waals surface area contributed by atoms with E-state index in [0.29, 0.717) is 18.8 Å². The number of anilines is 1. The molecule has 0 unspecified atom stereocenters. The number of hydrogen-bond donors (Lipinski definition) is 1. The van der Waals surface area contributed by atoms with Crippen LogP contribution in [0.15, 0.2) is 47.4 Å². The average Bonchev–Trinajstić information content (AvgIpc) is 2.70. The average molecular weight is 459 g/mol. The molecule has 0 fully saturated rings. The Balaban J connectivity index is 1.99. The fourth-order valence-electron chi connectivity index (χ4n) is 2.48. The molecule has 156 valence electrons. The van der Waals surface area contributed by atoms with Crippen LogP contribution >= 0.6 is 23.2 Å². The highest BCUT2D eigenvalue weighted by atomic mass is 35.5. The van der Waals surface area contributed by atoms with Crippen molar-refractivity contribution in [2.45, 2.75) is 18.7 Å². The van der Waals surface area contributed by atoms with Crippen molar-refractivity contribution in [3.05, 3.63) is 58.1 Å². The molecule has 0 aliphatic rings. The maximum absolute atomic E-state index is 12.5. The Kier molecular flexibility index (Phi) is 8.04. The minimum atomic E-state index is -3.62. The predicted octanol–water partition coefficient (Wildman–Crippen LogP) is 3.82. The molecule has 1 amide bonds. The maximum atomic E-state index is 12.5. The van der Waals surface area contributed by atoms with Gasteiger partial charge in [-0.2, -0.15) is 4.31 Å². The molecule has 0 aromatic heterocycles. The molecule has 0 aliphatic heterocycles. The van der Waals surface area contributed by atoms with Gasteiger partial charge in [-0.15, -0.1) is 0 Å². The first kappa shape index (κ1) is 23.2. The summed E-state index contributed by atoms with van der Waals surface area (Å²) in [5.41, 5.74) is 0.420. The van der Waals surface area contributed by atoms with Gasteiger partial charge in [0, 0.05) is 13.1 Å². The second-order valence-corrected chi connectivity index (χ2v) is 8.56. The number of nitrogens with one attached hydrogen (secondary N) is 1. The summed E-state index contributed by atoms with van der Waals surface area (Å²) in [5.74, 6) is -1.35. The molecule has 2 aromatic rings. The number of esters is 1. The Hall–Kier alpha value is -2.13. The third-order valence-electron chi connectivity index (χ3n) is 3.99. The van der Waals surface area contributed by atoms with Crippen molar-refractivity contribution in [3.63, 3.8) is 0 Å². The van der Waals surface area contributed by atoms with Crippen LogP contribution in [0, 0.1) is 0 Å². The molecule has 2 rings (SSSR count). The number of rotatable bonds is 8. The predicted molar refractivity (Wildman–Crippen MR) is 112 cm³/mol. The summed E-state index contributed by atoms with van der Waals surface area (Å²) in [4.78, 5) is 24.2. The Bertz CT molecular complexity index is 990. The van der Waals surface area contributed by atoms with Crippen LogP contribution in [0.5, 0.6) is 0 Å². The topological polar surface area (TPSA) is 92.8 Å². The lowest BCUT2D eigenvalue weighted by Gasteiger charge is -2.18. The molecule has 0 radical (unpaired) electrons. The summed E-state index contributed by atoms with van der Waals surface area (Å²) in [6.07, 6.45) is 0. The number of carbonyl (C=O) groups is 2. The Morgan fingerprint density at radius 3 is 2.24 bits per heavy atom. The van der Waals surface area contributed by atoms with Crippen LogP contribution in [-0.2, 0) is 19.6 Å². The van der Waals surface area contributed by atoms with Crippen molar-refractivity contribution >= 4 is 50.8 Å².